The van der Waals surface area contributed by atoms with Gasteiger partial charge in [-0.1, -0.05) is 6.92 Å². The fourth-order valence-electron chi connectivity index (χ4n) is 2.12. The SMILES string of the molecule is CCCOc1cc(C)cc(OS(=O)(=O)c2ccc(C(=O)OC)cc2)c1. The van der Waals surface area contributed by atoms with Gasteiger partial charge in [0.1, 0.15) is 16.4 Å². The second kappa shape index (κ2) is 8.02. The molecule has 0 spiro atoms. The van der Waals surface area contributed by atoms with E-state index >= 15 is 0 Å². The zero-order valence-corrected chi connectivity index (χ0v) is 15.1. The van der Waals surface area contributed by atoms with Crippen LogP contribution in [0.15, 0.2) is 47.4 Å². The summed E-state index contributed by atoms with van der Waals surface area (Å²) in [6.07, 6.45) is 0.842. The standard InChI is InChI=1S/C18H20O6S/c1-4-9-23-15-10-13(2)11-16(12-15)24-25(20,21)17-7-5-14(6-8-17)18(19)22-3/h5-8,10-12H,4,9H2,1-3H3. The Balaban J connectivity index is 2.23. The van der Waals surface area contributed by atoms with Gasteiger partial charge in [0.2, 0.25) is 0 Å². The lowest BCUT2D eigenvalue weighted by Crippen LogP contribution is -2.10. The molecule has 2 rings (SSSR count). The minimum absolute atomic E-state index is 0.0577. The molecule has 134 valence electrons. The lowest BCUT2D eigenvalue weighted by atomic mass is 10.2. The summed E-state index contributed by atoms with van der Waals surface area (Å²) in [5.41, 5.74) is 1.08. The van der Waals surface area contributed by atoms with Crippen molar-refractivity contribution >= 4 is 16.1 Å². The van der Waals surface area contributed by atoms with Crippen LogP contribution in [-0.4, -0.2) is 28.1 Å². The van der Waals surface area contributed by atoms with Crippen molar-refractivity contribution in [3.8, 4) is 11.5 Å². The van der Waals surface area contributed by atoms with Crippen LogP contribution < -0.4 is 8.92 Å². The van der Waals surface area contributed by atoms with Gasteiger partial charge in [0.05, 0.1) is 19.3 Å². The zero-order valence-electron chi connectivity index (χ0n) is 14.3. The molecule has 0 aliphatic rings. The van der Waals surface area contributed by atoms with Gasteiger partial charge in [0.25, 0.3) is 0 Å². The molecule has 0 saturated carbocycles. The van der Waals surface area contributed by atoms with Crippen molar-refractivity contribution in [2.24, 2.45) is 0 Å². The average molecular weight is 364 g/mol. The first-order valence-electron chi connectivity index (χ1n) is 7.73. The smallest absolute Gasteiger partial charge is 0.339 e. The first-order valence-corrected chi connectivity index (χ1v) is 9.14. The van der Waals surface area contributed by atoms with Crippen molar-refractivity contribution in [3.63, 3.8) is 0 Å². The molecule has 0 aliphatic carbocycles. The number of methoxy groups -OCH3 is 1. The summed E-state index contributed by atoms with van der Waals surface area (Å²) in [6, 6.07) is 10.3. The molecule has 0 amide bonds. The van der Waals surface area contributed by atoms with E-state index < -0.39 is 16.1 Å². The second-order valence-corrected chi connectivity index (χ2v) is 6.93. The average Bonchev–Trinajstić information content (AvgIpc) is 2.58. The molecule has 2 aromatic carbocycles. The van der Waals surface area contributed by atoms with Crippen LogP contribution in [-0.2, 0) is 14.9 Å². The quantitative estimate of drug-likeness (QED) is 0.554. The van der Waals surface area contributed by atoms with Crippen LogP contribution in [0.1, 0.15) is 29.3 Å². The van der Waals surface area contributed by atoms with Crippen LogP contribution in [0.4, 0.5) is 0 Å². The molecular weight excluding hydrogens is 344 g/mol. The number of rotatable bonds is 7. The van der Waals surface area contributed by atoms with Crippen LogP contribution in [0, 0.1) is 6.92 Å². The summed E-state index contributed by atoms with van der Waals surface area (Å²) in [7, 11) is -2.77. The number of hydrogen-bond acceptors (Lipinski definition) is 6. The highest BCUT2D eigenvalue weighted by Crippen LogP contribution is 2.26. The fraction of sp³-hybridized carbons (Fsp3) is 0.278. The van der Waals surface area contributed by atoms with E-state index in [1.165, 1.54) is 37.4 Å². The molecule has 0 saturated heterocycles. The maximum Gasteiger partial charge on any atom is 0.339 e. The number of benzene rings is 2. The van der Waals surface area contributed by atoms with E-state index in [2.05, 4.69) is 4.74 Å². The van der Waals surface area contributed by atoms with Crippen molar-refractivity contribution < 1.29 is 26.9 Å². The zero-order chi connectivity index (χ0) is 18.4. The van der Waals surface area contributed by atoms with Crippen LogP contribution in [0.25, 0.3) is 0 Å². The third kappa shape index (κ3) is 4.96. The van der Waals surface area contributed by atoms with Crippen molar-refractivity contribution in [2.75, 3.05) is 13.7 Å². The van der Waals surface area contributed by atoms with Crippen LogP contribution in [0.3, 0.4) is 0 Å². The molecule has 0 atom stereocenters. The Morgan fingerprint density at radius 3 is 2.28 bits per heavy atom. The first kappa shape index (κ1) is 18.8. The molecule has 0 aromatic heterocycles. The monoisotopic (exact) mass is 364 g/mol. The minimum Gasteiger partial charge on any atom is -0.493 e. The lowest BCUT2D eigenvalue weighted by Gasteiger charge is -2.11. The van der Waals surface area contributed by atoms with Gasteiger partial charge in [-0.05, 0) is 55.3 Å². The molecule has 25 heavy (non-hydrogen) atoms. The van der Waals surface area contributed by atoms with Crippen LogP contribution in [0.2, 0.25) is 0 Å². The number of ether oxygens (including phenoxy) is 2. The number of aryl methyl sites for hydroxylation is 1. The van der Waals surface area contributed by atoms with Gasteiger partial charge >= 0.3 is 16.1 Å². The lowest BCUT2D eigenvalue weighted by molar-refractivity contribution is 0.0600. The Labute approximate surface area is 147 Å². The van der Waals surface area contributed by atoms with E-state index in [1.54, 1.807) is 12.1 Å². The molecular formula is C18H20O6S. The minimum atomic E-state index is -4.02. The Bertz CT molecular complexity index is 840. The molecule has 6 nitrogen and oxygen atoms in total. The van der Waals surface area contributed by atoms with Gasteiger partial charge in [0.15, 0.2) is 0 Å². The third-order valence-electron chi connectivity index (χ3n) is 3.27. The summed E-state index contributed by atoms with van der Waals surface area (Å²) in [5, 5.41) is 0. The van der Waals surface area contributed by atoms with E-state index in [1.807, 2.05) is 13.8 Å². The Kier molecular flexibility index (Phi) is 6.03. The molecule has 0 fully saturated rings. The highest BCUT2D eigenvalue weighted by Gasteiger charge is 2.18. The highest BCUT2D eigenvalue weighted by molar-refractivity contribution is 7.87. The summed E-state index contributed by atoms with van der Waals surface area (Å²) >= 11 is 0. The number of carbonyl (C=O) groups is 1. The first-order chi connectivity index (χ1) is 11.9. The third-order valence-corrected chi connectivity index (χ3v) is 4.53. The molecule has 0 bridgehead atoms. The second-order valence-electron chi connectivity index (χ2n) is 5.38. The highest BCUT2D eigenvalue weighted by atomic mass is 32.2. The Morgan fingerprint density at radius 1 is 1.04 bits per heavy atom. The van der Waals surface area contributed by atoms with E-state index in [4.69, 9.17) is 8.92 Å². The van der Waals surface area contributed by atoms with E-state index in [-0.39, 0.29) is 16.2 Å². The van der Waals surface area contributed by atoms with Crippen molar-refractivity contribution in [3.05, 3.63) is 53.6 Å². The molecule has 0 heterocycles. The van der Waals surface area contributed by atoms with Crippen LogP contribution >= 0.6 is 0 Å². The Morgan fingerprint density at radius 2 is 1.68 bits per heavy atom. The number of carbonyl (C=O) groups excluding carboxylic acids is 1. The Hall–Kier alpha value is -2.54. The maximum absolute atomic E-state index is 12.4. The molecule has 7 heteroatoms. The number of esters is 1. The van der Waals surface area contributed by atoms with Gasteiger partial charge < -0.3 is 13.7 Å². The van der Waals surface area contributed by atoms with Crippen LogP contribution in [0.5, 0.6) is 11.5 Å². The molecule has 0 N–H and O–H groups in total. The predicted molar refractivity (Wildman–Crippen MR) is 92.6 cm³/mol. The van der Waals surface area contributed by atoms with E-state index in [0.29, 0.717) is 12.4 Å². The van der Waals surface area contributed by atoms with Gasteiger partial charge in [-0.3, -0.25) is 0 Å². The van der Waals surface area contributed by atoms with Gasteiger partial charge in [-0.15, -0.1) is 0 Å². The molecule has 0 unspecified atom stereocenters. The summed E-state index contributed by atoms with van der Waals surface area (Å²) in [6.45, 7) is 4.34. The normalized spacial score (nSPS) is 11.0. The summed E-state index contributed by atoms with van der Waals surface area (Å²) < 4.78 is 40.1. The largest absolute Gasteiger partial charge is 0.493 e. The molecule has 0 aliphatic heterocycles. The predicted octanol–water partition coefficient (Wildman–Crippen LogP) is 3.34. The van der Waals surface area contributed by atoms with Gasteiger partial charge in [-0.25, -0.2) is 4.79 Å². The van der Waals surface area contributed by atoms with Gasteiger partial charge in [-0.2, -0.15) is 8.42 Å². The van der Waals surface area contributed by atoms with Crippen molar-refractivity contribution in [1.82, 2.24) is 0 Å². The fourth-order valence-corrected chi connectivity index (χ4v) is 3.03. The summed E-state index contributed by atoms with van der Waals surface area (Å²) in [5.74, 6) is 0.178. The number of hydrogen-bond donors (Lipinski definition) is 0. The molecule has 2 aromatic rings. The summed E-state index contributed by atoms with van der Waals surface area (Å²) in [4.78, 5) is 11.4. The maximum atomic E-state index is 12.4. The topological polar surface area (TPSA) is 78.9 Å². The van der Waals surface area contributed by atoms with Crippen molar-refractivity contribution in [2.45, 2.75) is 25.2 Å². The van der Waals surface area contributed by atoms with E-state index in [0.717, 1.165) is 12.0 Å². The van der Waals surface area contributed by atoms with Gasteiger partial charge in [0, 0.05) is 6.07 Å². The molecule has 0 radical (unpaired) electrons. The van der Waals surface area contributed by atoms with Crippen molar-refractivity contribution in [1.29, 1.82) is 0 Å². The van der Waals surface area contributed by atoms with E-state index in [9.17, 15) is 13.2 Å².